The smallest absolute Gasteiger partial charge is 0.349 e. The lowest BCUT2D eigenvalue weighted by Crippen LogP contribution is -2.35. The molecule has 2 atom stereocenters. The summed E-state index contributed by atoms with van der Waals surface area (Å²) in [6.07, 6.45) is 4.93. The predicted octanol–water partition coefficient (Wildman–Crippen LogP) is 2.10. The lowest BCUT2D eigenvalue weighted by molar-refractivity contribution is 0.0924. The second kappa shape index (κ2) is 6.92. The molecule has 3 amide bonds. The molecule has 9 nitrogen and oxygen atoms in total. The Morgan fingerprint density at radius 1 is 1.33 bits per heavy atom. The summed E-state index contributed by atoms with van der Waals surface area (Å²) in [5, 5.41) is 15.5. The molecule has 0 radical (unpaired) electrons. The standard InChI is InChI=1S/C20H24N6O3S/c1-11-5-6-14-15(11)9-12-3-2-4-13(12)18(14)23-20(28)25-30(21,29)17-10-16-19(27)22-7-8-26(16)24-17/h9-11H,2-8H2,1H3,(H,22,27)(H3,21,23,25,28,29). The van der Waals surface area contributed by atoms with Gasteiger partial charge < -0.3 is 10.6 Å². The van der Waals surface area contributed by atoms with Gasteiger partial charge in [-0.15, -0.1) is 4.36 Å². The number of hydrogen-bond donors (Lipinski definition) is 3. The third-order valence-electron chi connectivity index (χ3n) is 6.25. The quantitative estimate of drug-likeness (QED) is 0.676. The number of rotatable bonds is 2. The van der Waals surface area contributed by atoms with E-state index in [1.165, 1.54) is 21.9 Å². The minimum absolute atomic E-state index is 0.0677. The number of benzene rings is 1. The molecule has 30 heavy (non-hydrogen) atoms. The Balaban J connectivity index is 1.48. The molecular weight excluding hydrogens is 404 g/mol. The lowest BCUT2D eigenvalue weighted by Gasteiger charge is -2.16. The number of nitrogens with one attached hydrogen (secondary N) is 2. The Labute approximate surface area is 174 Å². The summed E-state index contributed by atoms with van der Waals surface area (Å²) in [6, 6.07) is 2.88. The highest BCUT2D eigenvalue weighted by Gasteiger charge is 2.29. The predicted molar refractivity (Wildman–Crippen MR) is 112 cm³/mol. The number of aromatic nitrogens is 2. The van der Waals surface area contributed by atoms with Crippen molar-refractivity contribution in [2.24, 2.45) is 9.50 Å². The number of carbonyl (C=O) groups is 2. The van der Waals surface area contributed by atoms with Gasteiger partial charge in [0, 0.05) is 18.3 Å². The van der Waals surface area contributed by atoms with Gasteiger partial charge in [-0.05, 0) is 60.3 Å². The van der Waals surface area contributed by atoms with Crippen molar-refractivity contribution in [3.63, 3.8) is 0 Å². The molecule has 0 saturated carbocycles. The van der Waals surface area contributed by atoms with Crippen molar-refractivity contribution in [3.05, 3.63) is 40.1 Å². The maximum Gasteiger partial charge on any atom is 0.354 e. The summed E-state index contributed by atoms with van der Waals surface area (Å²) in [4.78, 5) is 24.7. The first-order chi connectivity index (χ1) is 14.3. The van der Waals surface area contributed by atoms with Crippen molar-refractivity contribution in [2.45, 2.75) is 56.5 Å². The Hall–Kier alpha value is -2.72. The highest BCUT2D eigenvalue weighted by Crippen LogP contribution is 2.43. The van der Waals surface area contributed by atoms with Crippen LogP contribution in [-0.4, -0.2) is 32.5 Å². The zero-order chi connectivity index (χ0) is 21.0. The Morgan fingerprint density at radius 2 is 2.17 bits per heavy atom. The highest BCUT2D eigenvalue weighted by atomic mass is 32.2. The second-order valence-corrected chi connectivity index (χ2v) is 9.93. The third-order valence-corrected chi connectivity index (χ3v) is 7.49. The van der Waals surface area contributed by atoms with E-state index < -0.39 is 15.9 Å². The molecule has 0 saturated heterocycles. The number of carbonyl (C=O) groups excluding carboxylic acids is 2. The van der Waals surface area contributed by atoms with E-state index >= 15 is 0 Å². The van der Waals surface area contributed by atoms with Crippen LogP contribution >= 0.6 is 0 Å². The molecule has 1 aliphatic heterocycles. The number of fused-ring (bicyclic) bond motifs is 3. The van der Waals surface area contributed by atoms with Crippen molar-refractivity contribution in [2.75, 3.05) is 11.9 Å². The van der Waals surface area contributed by atoms with Gasteiger partial charge in [0.1, 0.15) is 5.69 Å². The van der Waals surface area contributed by atoms with Gasteiger partial charge in [-0.2, -0.15) is 5.10 Å². The van der Waals surface area contributed by atoms with E-state index in [-0.39, 0.29) is 16.6 Å². The summed E-state index contributed by atoms with van der Waals surface area (Å²) in [6.45, 7) is 3.08. The average molecular weight is 429 g/mol. The molecular formula is C20H24N6O3S. The fourth-order valence-electron chi connectivity index (χ4n) is 4.74. The van der Waals surface area contributed by atoms with Gasteiger partial charge in [-0.1, -0.05) is 13.0 Å². The maximum atomic E-state index is 13.0. The average Bonchev–Trinajstić information content (AvgIpc) is 3.41. The molecule has 2 aliphatic carbocycles. The summed E-state index contributed by atoms with van der Waals surface area (Å²) in [5.41, 5.74) is 5.95. The summed E-state index contributed by atoms with van der Waals surface area (Å²) in [7, 11) is -3.59. The molecule has 0 fully saturated rings. The van der Waals surface area contributed by atoms with Gasteiger partial charge in [0.2, 0.25) is 0 Å². The van der Waals surface area contributed by atoms with E-state index in [1.807, 2.05) is 0 Å². The Kier molecular flexibility index (Phi) is 4.44. The summed E-state index contributed by atoms with van der Waals surface area (Å²) < 4.78 is 18.2. The normalized spacial score (nSPS) is 21.3. The fourth-order valence-corrected chi connectivity index (χ4v) is 5.63. The van der Waals surface area contributed by atoms with Gasteiger partial charge in [-0.3, -0.25) is 9.48 Å². The number of nitrogens with zero attached hydrogens (tertiary/aromatic N) is 3. The van der Waals surface area contributed by atoms with Gasteiger partial charge in [-0.25, -0.2) is 14.1 Å². The SMILES string of the molecule is CC1CCc2c1cc1c(c2NC(=O)N=S(N)(=O)c2cc3n(n2)CCNC3=O)CCC1. The summed E-state index contributed by atoms with van der Waals surface area (Å²) >= 11 is 0. The zero-order valence-electron chi connectivity index (χ0n) is 16.7. The minimum atomic E-state index is -3.59. The molecule has 3 aliphatic rings. The Bertz CT molecular complexity index is 1210. The van der Waals surface area contributed by atoms with E-state index in [0.717, 1.165) is 48.9 Å². The summed E-state index contributed by atoms with van der Waals surface area (Å²) in [5.74, 6) is 0.143. The zero-order valence-corrected chi connectivity index (χ0v) is 17.6. The molecule has 2 unspecified atom stereocenters. The molecule has 0 bridgehead atoms. The van der Waals surface area contributed by atoms with Crippen molar-refractivity contribution in [1.82, 2.24) is 15.1 Å². The van der Waals surface area contributed by atoms with Gasteiger partial charge in [0.15, 0.2) is 14.9 Å². The van der Waals surface area contributed by atoms with Crippen LogP contribution in [0.4, 0.5) is 10.5 Å². The van der Waals surface area contributed by atoms with Crippen LogP contribution in [0.25, 0.3) is 0 Å². The lowest BCUT2D eigenvalue weighted by atomic mass is 9.96. The first-order valence-corrected chi connectivity index (χ1v) is 11.8. The minimum Gasteiger partial charge on any atom is -0.349 e. The van der Waals surface area contributed by atoms with Crippen LogP contribution in [0.2, 0.25) is 0 Å². The fraction of sp³-hybridized carbons (Fsp3) is 0.450. The van der Waals surface area contributed by atoms with Gasteiger partial charge in [0.05, 0.1) is 6.54 Å². The molecule has 2 aromatic rings. The number of urea groups is 1. The molecule has 5 rings (SSSR count). The van der Waals surface area contributed by atoms with Crippen LogP contribution in [-0.2, 0) is 35.7 Å². The first kappa shape index (κ1) is 19.3. The molecule has 0 spiro atoms. The highest BCUT2D eigenvalue weighted by molar-refractivity contribution is 7.91. The number of aryl methyl sites for hydroxylation is 1. The Morgan fingerprint density at radius 3 is 2.97 bits per heavy atom. The maximum absolute atomic E-state index is 13.0. The molecule has 1 aromatic heterocycles. The monoisotopic (exact) mass is 428 g/mol. The third kappa shape index (κ3) is 3.10. The van der Waals surface area contributed by atoms with Crippen LogP contribution in [0.15, 0.2) is 21.5 Å². The van der Waals surface area contributed by atoms with Crippen molar-refractivity contribution < 1.29 is 13.8 Å². The molecule has 158 valence electrons. The van der Waals surface area contributed by atoms with E-state index in [9.17, 15) is 13.8 Å². The first-order valence-electron chi connectivity index (χ1n) is 10.2. The largest absolute Gasteiger partial charge is 0.354 e. The van der Waals surface area contributed by atoms with Crippen molar-refractivity contribution in [3.8, 4) is 0 Å². The molecule has 2 heterocycles. The van der Waals surface area contributed by atoms with Crippen LogP contribution in [0.5, 0.6) is 0 Å². The number of hydrogen-bond acceptors (Lipinski definition) is 4. The number of nitrogens with two attached hydrogens (primary N) is 1. The van der Waals surface area contributed by atoms with E-state index in [1.54, 1.807) is 0 Å². The van der Waals surface area contributed by atoms with Crippen molar-refractivity contribution in [1.29, 1.82) is 0 Å². The van der Waals surface area contributed by atoms with Crippen molar-refractivity contribution >= 4 is 27.5 Å². The van der Waals surface area contributed by atoms with Gasteiger partial charge >= 0.3 is 6.03 Å². The van der Waals surface area contributed by atoms with E-state index in [2.05, 4.69) is 33.1 Å². The van der Waals surface area contributed by atoms with Crippen LogP contribution < -0.4 is 15.8 Å². The van der Waals surface area contributed by atoms with Crippen LogP contribution in [0, 0.1) is 0 Å². The molecule has 10 heteroatoms. The van der Waals surface area contributed by atoms with Crippen LogP contribution in [0.3, 0.4) is 0 Å². The van der Waals surface area contributed by atoms with E-state index in [0.29, 0.717) is 19.0 Å². The van der Waals surface area contributed by atoms with Gasteiger partial charge in [0.25, 0.3) is 5.91 Å². The number of amides is 3. The number of anilines is 1. The molecule has 1 aromatic carbocycles. The van der Waals surface area contributed by atoms with Crippen LogP contribution in [0.1, 0.15) is 58.4 Å². The van der Waals surface area contributed by atoms with E-state index in [4.69, 9.17) is 5.14 Å². The second-order valence-electron chi connectivity index (χ2n) is 8.19. The molecule has 4 N–H and O–H groups in total. The topological polar surface area (TPSA) is 131 Å².